The van der Waals surface area contributed by atoms with Gasteiger partial charge in [0.1, 0.15) is 103 Å². The zero-order chi connectivity index (χ0) is 91.5. The third-order valence-corrected chi connectivity index (χ3v) is 25.1. The van der Waals surface area contributed by atoms with Gasteiger partial charge >= 0.3 is 84.7 Å². The van der Waals surface area contributed by atoms with Crippen LogP contribution in [0.15, 0.2) is 0 Å². The summed E-state index contributed by atoms with van der Waals surface area (Å²) in [5, 5.41) is 0. The summed E-state index contributed by atoms with van der Waals surface area (Å²) in [6, 6.07) is 0. The molecule has 5 heterocycles. The minimum Gasteiger partial charge on any atom is -0.467 e. The van der Waals surface area contributed by atoms with Crippen LogP contribution in [0.3, 0.4) is 0 Å². The number of ether oxygens (including phenoxy) is 22. The normalized spacial score (nSPS) is 31.8. The molecular formula is C61H108O53S8. The van der Waals surface area contributed by atoms with Gasteiger partial charge in [0.2, 0.25) is 0 Å². The van der Waals surface area contributed by atoms with Crippen LogP contribution in [0.1, 0.15) is 33.6 Å². The summed E-state index contributed by atoms with van der Waals surface area (Å²) in [6.45, 7) is 3.16. The number of carbonyl (C=O) groups excluding carboxylic acids is 3. The Morgan fingerprint density at radius 2 is 0.590 bits per heavy atom. The van der Waals surface area contributed by atoms with E-state index < -0.39 is 258 Å². The minimum atomic E-state index is -5.63. The van der Waals surface area contributed by atoms with Gasteiger partial charge in [0, 0.05) is 67.5 Å². The number of hydrogen-bond acceptors (Lipinski definition) is 54. The molecule has 718 valence electrons. The number of methoxy groups -OCH3 is 9. The molecule has 0 N–H and O–H groups in total. The first kappa shape index (κ1) is 110. The third-order valence-electron chi connectivity index (χ3n) is 17.8. The second kappa shape index (κ2) is 50.6. The maximum absolute atomic E-state index is 14.4. The second-order valence-corrected chi connectivity index (χ2v) is 37.5. The zero-order valence-corrected chi connectivity index (χ0v) is 76.1. The van der Waals surface area contributed by atoms with Crippen LogP contribution >= 0.6 is 11.8 Å². The molecule has 0 aromatic rings. The largest absolute Gasteiger partial charge is 0.467 e. The Morgan fingerprint density at radius 1 is 0.303 bits per heavy atom. The van der Waals surface area contributed by atoms with E-state index in [1.165, 1.54) is 14.2 Å². The van der Waals surface area contributed by atoms with E-state index >= 15 is 0 Å². The van der Waals surface area contributed by atoms with Crippen molar-refractivity contribution < 1.29 is 236 Å². The van der Waals surface area contributed by atoms with E-state index in [4.69, 9.17) is 133 Å². The van der Waals surface area contributed by atoms with Crippen molar-refractivity contribution in [3.63, 3.8) is 0 Å². The summed E-state index contributed by atoms with van der Waals surface area (Å²) in [5.41, 5.74) is 0. The predicted octanol–water partition coefficient (Wildman–Crippen LogP) is -4.62. The lowest BCUT2D eigenvalue weighted by molar-refractivity contribution is -0.388. The average molecular weight is 1950 g/mol. The fraction of sp³-hybridized carbons (Fsp3) is 0.951. The summed E-state index contributed by atoms with van der Waals surface area (Å²) in [6.07, 6.45) is -52.9. The molecule has 0 aromatic carbocycles. The summed E-state index contributed by atoms with van der Waals surface area (Å²) in [4.78, 5) is 41.0. The van der Waals surface area contributed by atoms with Gasteiger partial charge in [0.15, 0.2) is 55.9 Å². The Kier molecular flexibility index (Phi) is 45.5. The van der Waals surface area contributed by atoms with Crippen LogP contribution in [-0.2, 0) is 250 Å². The molecule has 53 nitrogen and oxygen atoms in total. The van der Waals surface area contributed by atoms with Crippen molar-refractivity contribution in [3.8, 4) is 0 Å². The topological polar surface area (TPSA) is 622 Å². The molecule has 5 rings (SSSR count). The van der Waals surface area contributed by atoms with Gasteiger partial charge < -0.3 is 104 Å². The van der Waals surface area contributed by atoms with E-state index in [1.54, 1.807) is 11.8 Å². The first-order valence-electron chi connectivity index (χ1n) is 35.8. The van der Waals surface area contributed by atoms with Crippen LogP contribution in [0.25, 0.3) is 0 Å². The van der Waals surface area contributed by atoms with Crippen molar-refractivity contribution in [1.29, 1.82) is 0 Å². The van der Waals surface area contributed by atoms with Gasteiger partial charge in [0.25, 0.3) is 0 Å². The van der Waals surface area contributed by atoms with Gasteiger partial charge in [-0.2, -0.15) is 58.9 Å². The Morgan fingerprint density at radius 3 is 0.918 bits per heavy atom. The van der Waals surface area contributed by atoms with Crippen molar-refractivity contribution in [2.75, 3.05) is 186 Å². The molecule has 0 spiro atoms. The van der Waals surface area contributed by atoms with Crippen molar-refractivity contribution in [2.45, 2.75) is 192 Å². The number of Topliss-reactive ketones (excluding diaryl/α,β-unsaturated/α-hetero) is 1. The van der Waals surface area contributed by atoms with Crippen LogP contribution in [0, 0.1) is 0 Å². The van der Waals surface area contributed by atoms with E-state index in [9.17, 15) is 73.3 Å². The molecule has 5 aliphatic rings. The molecule has 0 bridgehead atoms. The Labute approximate surface area is 712 Å². The number of rotatable bonds is 57. The second-order valence-electron chi connectivity index (χ2n) is 26.2. The molecule has 0 aliphatic carbocycles. The quantitative estimate of drug-likeness (QED) is 0.0408. The summed E-state index contributed by atoms with van der Waals surface area (Å²) < 4.78 is 384. The SMILES string of the molecule is COC(=O)[C@H]1O[C@@H](OC2[C@@H](COS(=O)(=O)OC)O[C@H](O[C@H]3[C@H](OC)[C@@H](OC)[C@H](O[C@H]4[C@H](OS(=O)(=O)OC)[C@@H](OS(=O)(=O)OC)[C@@H](OC)O[C@@H]4COS(=O)(=O)OC)O[C@H]3C(=O)OC)[C@H](OS(=O)(=O)OC)[C@H]2OS(=O)(=O)OC)[C@H](OC)[C@@H](OC)[C@@H]1O[C@H]1O[C@H](COS(=O)(=O)OC)C(OCCOCCOCCOCCCC(=O)CSC(C)(C)C)[C@H](OC)[C@H]1OC. The Balaban J connectivity index is 1.57. The highest BCUT2D eigenvalue weighted by atomic mass is 32.3. The fourth-order valence-corrected chi connectivity index (χ4v) is 16.3. The Hall–Kier alpha value is -2.75. The van der Waals surface area contributed by atoms with Gasteiger partial charge in [0.05, 0.1) is 129 Å². The minimum absolute atomic E-state index is 0.0346. The number of esters is 2. The lowest BCUT2D eigenvalue weighted by atomic mass is 9.94. The molecule has 25 atom stereocenters. The number of hydrogen-bond donors (Lipinski definition) is 0. The van der Waals surface area contributed by atoms with Crippen LogP contribution in [0.5, 0.6) is 0 Å². The van der Waals surface area contributed by atoms with Crippen LogP contribution < -0.4 is 0 Å². The van der Waals surface area contributed by atoms with Gasteiger partial charge in [-0.3, -0.25) is 34.1 Å². The van der Waals surface area contributed by atoms with Gasteiger partial charge in [-0.1, -0.05) is 20.8 Å². The van der Waals surface area contributed by atoms with Crippen LogP contribution in [0.2, 0.25) is 0 Å². The van der Waals surface area contributed by atoms with E-state index in [1.807, 2.05) is 20.8 Å². The van der Waals surface area contributed by atoms with E-state index in [0.29, 0.717) is 67.9 Å². The lowest BCUT2D eigenvalue weighted by Gasteiger charge is -2.51. The predicted molar refractivity (Wildman–Crippen MR) is 396 cm³/mol. The van der Waals surface area contributed by atoms with Crippen molar-refractivity contribution in [2.24, 2.45) is 0 Å². The molecule has 5 saturated heterocycles. The summed E-state index contributed by atoms with van der Waals surface area (Å²) in [7, 11) is -23.7. The summed E-state index contributed by atoms with van der Waals surface area (Å²) >= 11 is 1.57. The Bertz CT molecular complexity index is 4010. The van der Waals surface area contributed by atoms with Crippen molar-refractivity contribution in [1.82, 2.24) is 0 Å². The van der Waals surface area contributed by atoms with E-state index in [0.717, 1.165) is 56.9 Å². The standard InChI is InChI=1S/C61H108O53S8/c1-61(2,3)115-32-33(62)21-20-22-95-23-24-96-25-26-97-27-28-98-37-34(29-99-116(65,66)88-13)103-57(49(82-7)40(37)79-4)107-43-41(80-5)50(83-8)59(109-47(43)54(63)85-10)106-39-36(31-101-118(69,70)90-15)104-60(53(114-122(77,78)94-19)46(39)112-120(73,74)92-17)108-44-42(81-6)51(84-9)58(110-48(44)55(64)86-11)105-38-35(30-100-117(67,68)89-14)102-56(87-12)52(113-121(75,76)93-18)45(38)111-119(71,72)91-16/h34-53,56-60H,20-32H2,1-19H3/t34-,35-,36-,37?,38-,39?,40+,41+,42+,43+,44+,45+,46+,47+,48-,49-,50-,51-,52-,53-,56+,57-,58-,59-,60-/m1/s1. The van der Waals surface area contributed by atoms with Gasteiger partial charge in [-0.15, -0.1) is 11.8 Å². The van der Waals surface area contributed by atoms with Crippen LogP contribution in [-0.4, -0.2) is 421 Å². The molecule has 0 aromatic heterocycles. The van der Waals surface area contributed by atoms with Crippen molar-refractivity contribution in [3.05, 3.63) is 0 Å². The third kappa shape index (κ3) is 32.7. The smallest absolute Gasteiger partial charge is 0.400 e. The number of thioether (sulfide) groups is 1. The van der Waals surface area contributed by atoms with E-state index in [2.05, 4.69) is 29.3 Å². The van der Waals surface area contributed by atoms with Crippen molar-refractivity contribution >= 4 is 102 Å². The van der Waals surface area contributed by atoms with Gasteiger partial charge in [-0.25, -0.2) is 38.9 Å². The highest BCUT2D eigenvalue weighted by Gasteiger charge is 2.63. The first-order valence-corrected chi connectivity index (χ1v) is 46.2. The highest BCUT2D eigenvalue weighted by Crippen LogP contribution is 2.42. The molecule has 0 saturated carbocycles. The number of carbonyl (C=O) groups is 3. The maximum atomic E-state index is 14.4. The lowest BCUT2D eigenvalue weighted by Crippen LogP contribution is -2.70. The molecule has 0 radical (unpaired) electrons. The maximum Gasteiger partial charge on any atom is 0.400 e. The molecule has 61 heteroatoms. The average Bonchev–Trinajstić information content (AvgIpc) is 0.753. The summed E-state index contributed by atoms with van der Waals surface area (Å²) in [5.74, 6) is -2.35. The molecule has 0 amide bonds. The monoisotopic (exact) mass is 1940 g/mol. The molecule has 2 unspecified atom stereocenters. The molecule has 5 fully saturated rings. The first-order chi connectivity index (χ1) is 57.3. The molecule has 122 heavy (non-hydrogen) atoms. The fourth-order valence-electron chi connectivity index (χ4n) is 12.1. The highest BCUT2D eigenvalue weighted by molar-refractivity contribution is 8.01. The molecular weight excluding hydrogens is 1840 g/mol. The zero-order valence-electron chi connectivity index (χ0n) is 69.5. The molecule has 5 aliphatic heterocycles. The van der Waals surface area contributed by atoms with E-state index in [-0.39, 0.29) is 50.2 Å². The number of ketones is 1. The van der Waals surface area contributed by atoms with Crippen LogP contribution in [0.4, 0.5) is 0 Å². The van der Waals surface area contributed by atoms with Gasteiger partial charge in [-0.05, 0) is 6.42 Å².